The Morgan fingerprint density at radius 2 is 2.20 bits per heavy atom. The van der Waals surface area contributed by atoms with E-state index in [1.54, 1.807) is 0 Å². The lowest BCUT2D eigenvalue weighted by Crippen LogP contribution is -2.28. The van der Waals surface area contributed by atoms with E-state index in [0.29, 0.717) is 6.04 Å². The summed E-state index contributed by atoms with van der Waals surface area (Å²) in [6, 6.07) is 6.94. The number of rotatable bonds is 7. The number of imidazole rings is 1. The van der Waals surface area contributed by atoms with Crippen LogP contribution in [-0.2, 0) is 6.54 Å². The van der Waals surface area contributed by atoms with Crippen LogP contribution in [0.3, 0.4) is 0 Å². The van der Waals surface area contributed by atoms with Gasteiger partial charge in [0.1, 0.15) is 5.65 Å². The van der Waals surface area contributed by atoms with Crippen LogP contribution >= 0.6 is 0 Å². The van der Waals surface area contributed by atoms with Crippen LogP contribution in [0, 0.1) is 0 Å². The second kappa shape index (κ2) is 5.83. The Kier molecular flexibility index (Phi) is 3.92. The first-order valence-corrected chi connectivity index (χ1v) is 7.78. The molecule has 0 bridgehead atoms. The predicted octanol–water partition coefficient (Wildman–Crippen LogP) is 2.82. The molecule has 0 atom stereocenters. The van der Waals surface area contributed by atoms with E-state index in [1.165, 1.54) is 30.8 Å². The fourth-order valence-corrected chi connectivity index (χ4v) is 2.76. The molecular formula is C16H24N4. The van der Waals surface area contributed by atoms with Crippen LogP contribution < -0.4 is 10.2 Å². The van der Waals surface area contributed by atoms with Gasteiger partial charge in [0, 0.05) is 25.3 Å². The first-order chi connectivity index (χ1) is 9.85. The number of hydrogen-bond donors (Lipinski definition) is 1. The maximum atomic E-state index is 4.89. The number of nitrogens with one attached hydrogen (secondary N) is 1. The zero-order valence-electron chi connectivity index (χ0n) is 12.5. The van der Waals surface area contributed by atoms with E-state index in [4.69, 9.17) is 4.98 Å². The van der Waals surface area contributed by atoms with E-state index in [1.807, 2.05) is 0 Å². The second-order valence-corrected chi connectivity index (χ2v) is 5.52. The highest BCUT2D eigenvalue weighted by molar-refractivity contribution is 5.57. The normalized spacial score (nSPS) is 14.9. The molecule has 1 aliphatic rings. The van der Waals surface area contributed by atoms with Gasteiger partial charge in [-0.3, -0.25) is 0 Å². The molecule has 1 N–H and O–H groups in total. The lowest BCUT2D eigenvalue weighted by atomic mass is 10.3. The van der Waals surface area contributed by atoms with E-state index < -0.39 is 0 Å². The van der Waals surface area contributed by atoms with E-state index in [9.17, 15) is 0 Å². The maximum Gasteiger partial charge on any atom is 0.152 e. The maximum absolute atomic E-state index is 4.89. The number of nitrogens with zero attached hydrogens (tertiary/aromatic N) is 3. The Bertz CT molecular complexity index is 571. The van der Waals surface area contributed by atoms with Crippen LogP contribution in [0.5, 0.6) is 0 Å². The first-order valence-electron chi connectivity index (χ1n) is 7.78. The monoisotopic (exact) mass is 272 g/mol. The Hall–Kier alpha value is -1.55. The minimum atomic E-state index is 0.709. The summed E-state index contributed by atoms with van der Waals surface area (Å²) in [4.78, 5) is 7.41. The number of fused-ring (bicyclic) bond motifs is 1. The molecule has 4 heteroatoms. The molecule has 1 fully saturated rings. The van der Waals surface area contributed by atoms with Gasteiger partial charge in [0.25, 0.3) is 0 Å². The van der Waals surface area contributed by atoms with Crippen LogP contribution in [0.25, 0.3) is 5.65 Å². The van der Waals surface area contributed by atoms with E-state index in [2.05, 4.69) is 52.9 Å². The van der Waals surface area contributed by atoms with Gasteiger partial charge in [0.15, 0.2) is 5.82 Å². The highest BCUT2D eigenvalue weighted by Gasteiger charge is 2.31. The summed E-state index contributed by atoms with van der Waals surface area (Å²) in [6.07, 6.45) is 5.92. The van der Waals surface area contributed by atoms with Gasteiger partial charge in [-0.25, -0.2) is 4.98 Å². The van der Waals surface area contributed by atoms with E-state index in [0.717, 1.165) is 25.3 Å². The molecule has 3 rings (SSSR count). The van der Waals surface area contributed by atoms with Crippen LogP contribution in [0.2, 0.25) is 0 Å². The topological polar surface area (TPSA) is 32.6 Å². The third-order valence-corrected chi connectivity index (χ3v) is 3.87. The molecule has 0 aliphatic heterocycles. The molecule has 2 aromatic heterocycles. The van der Waals surface area contributed by atoms with Crippen molar-refractivity contribution in [3.63, 3.8) is 0 Å². The van der Waals surface area contributed by atoms with Gasteiger partial charge < -0.3 is 14.6 Å². The van der Waals surface area contributed by atoms with Crippen molar-refractivity contribution in [1.29, 1.82) is 0 Å². The van der Waals surface area contributed by atoms with Crippen molar-refractivity contribution < 1.29 is 0 Å². The fraction of sp³-hybridized carbons (Fsp3) is 0.562. The summed E-state index contributed by atoms with van der Waals surface area (Å²) in [7, 11) is 0. The van der Waals surface area contributed by atoms with Crippen molar-refractivity contribution >= 4 is 11.5 Å². The van der Waals surface area contributed by atoms with Crippen LogP contribution in [0.4, 0.5) is 5.82 Å². The number of pyridine rings is 1. The molecule has 20 heavy (non-hydrogen) atoms. The first kappa shape index (κ1) is 13.4. The number of aromatic nitrogens is 2. The molecule has 2 heterocycles. The Morgan fingerprint density at radius 3 is 2.90 bits per heavy atom. The van der Waals surface area contributed by atoms with Gasteiger partial charge in [-0.1, -0.05) is 19.9 Å². The molecular weight excluding hydrogens is 248 g/mol. The SMILES string of the molecule is CCCN(c1nc2ccccn2c1CNCC)C1CC1. The van der Waals surface area contributed by atoms with Gasteiger partial charge in [0.05, 0.1) is 5.69 Å². The zero-order valence-corrected chi connectivity index (χ0v) is 12.5. The Labute approximate surface area is 120 Å². The van der Waals surface area contributed by atoms with Gasteiger partial charge in [-0.2, -0.15) is 0 Å². The molecule has 108 valence electrons. The van der Waals surface area contributed by atoms with Crippen LogP contribution in [0.15, 0.2) is 24.4 Å². The molecule has 0 radical (unpaired) electrons. The average Bonchev–Trinajstić information content (AvgIpc) is 3.24. The van der Waals surface area contributed by atoms with Crippen LogP contribution in [-0.4, -0.2) is 28.5 Å². The number of hydrogen-bond acceptors (Lipinski definition) is 3. The smallest absolute Gasteiger partial charge is 0.152 e. The van der Waals surface area contributed by atoms with Crippen molar-refractivity contribution in [3.8, 4) is 0 Å². The standard InChI is InChI=1S/C16H24N4/c1-3-10-19(13-8-9-13)16-14(12-17-4-2)20-11-6-5-7-15(20)18-16/h5-7,11,13,17H,3-4,8-10,12H2,1-2H3. The highest BCUT2D eigenvalue weighted by Crippen LogP contribution is 2.33. The lowest BCUT2D eigenvalue weighted by molar-refractivity contribution is 0.690. The van der Waals surface area contributed by atoms with E-state index in [-0.39, 0.29) is 0 Å². The lowest BCUT2D eigenvalue weighted by Gasteiger charge is -2.23. The predicted molar refractivity (Wildman–Crippen MR) is 83.2 cm³/mol. The van der Waals surface area contributed by atoms with Gasteiger partial charge in [-0.05, 0) is 37.9 Å². The molecule has 2 aromatic rings. The van der Waals surface area contributed by atoms with Crippen molar-refractivity contribution in [3.05, 3.63) is 30.1 Å². The van der Waals surface area contributed by atoms with Crippen molar-refractivity contribution in [1.82, 2.24) is 14.7 Å². The van der Waals surface area contributed by atoms with Crippen LogP contribution in [0.1, 0.15) is 38.8 Å². The summed E-state index contributed by atoms with van der Waals surface area (Å²) < 4.78 is 2.23. The minimum absolute atomic E-state index is 0.709. The summed E-state index contributed by atoms with van der Waals surface area (Å²) in [6.45, 7) is 7.36. The summed E-state index contributed by atoms with van der Waals surface area (Å²) in [5, 5.41) is 3.45. The molecule has 0 amide bonds. The average molecular weight is 272 g/mol. The largest absolute Gasteiger partial charge is 0.352 e. The molecule has 1 aliphatic carbocycles. The fourth-order valence-electron chi connectivity index (χ4n) is 2.76. The molecule has 0 unspecified atom stereocenters. The van der Waals surface area contributed by atoms with Crippen molar-refractivity contribution in [2.45, 2.75) is 45.7 Å². The Morgan fingerprint density at radius 1 is 1.35 bits per heavy atom. The summed E-state index contributed by atoms with van der Waals surface area (Å²) >= 11 is 0. The third-order valence-electron chi connectivity index (χ3n) is 3.87. The van der Waals surface area contributed by atoms with E-state index >= 15 is 0 Å². The summed E-state index contributed by atoms with van der Waals surface area (Å²) in [5.41, 5.74) is 2.35. The molecule has 0 spiro atoms. The number of anilines is 1. The molecule has 0 saturated heterocycles. The Balaban J connectivity index is 2.02. The minimum Gasteiger partial charge on any atom is -0.352 e. The highest BCUT2D eigenvalue weighted by atomic mass is 15.3. The van der Waals surface area contributed by atoms with Gasteiger partial charge in [0.2, 0.25) is 0 Å². The van der Waals surface area contributed by atoms with Gasteiger partial charge >= 0.3 is 0 Å². The van der Waals surface area contributed by atoms with Crippen molar-refractivity contribution in [2.24, 2.45) is 0 Å². The zero-order chi connectivity index (χ0) is 13.9. The second-order valence-electron chi connectivity index (χ2n) is 5.52. The molecule has 4 nitrogen and oxygen atoms in total. The molecule has 0 aromatic carbocycles. The summed E-state index contributed by atoms with van der Waals surface area (Å²) in [5.74, 6) is 1.18. The molecule has 1 saturated carbocycles. The quantitative estimate of drug-likeness (QED) is 0.841. The third kappa shape index (κ3) is 2.52. The van der Waals surface area contributed by atoms with Crippen molar-refractivity contribution in [2.75, 3.05) is 18.0 Å². The van der Waals surface area contributed by atoms with Gasteiger partial charge in [-0.15, -0.1) is 0 Å².